The van der Waals surface area contributed by atoms with E-state index in [-0.39, 0.29) is 5.82 Å². The number of nitrogens with one attached hydrogen (secondary N) is 1. The van der Waals surface area contributed by atoms with Crippen LogP contribution in [0.1, 0.15) is 5.56 Å². The fourth-order valence-corrected chi connectivity index (χ4v) is 2.74. The molecule has 0 unspecified atom stereocenters. The average molecular weight is 291 g/mol. The third kappa shape index (κ3) is 2.11. The highest BCUT2D eigenvalue weighted by molar-refractivity contribution is 5.89. The number of aryl methyl sites for hydroxylation is 1. The van der Waals surface area contributed by atoms with Gasteiger partial charge in [-0.2, -0.15) is 0 Å². The molecule has 0 saturated heterocycles. The van der Waals surface area contributed by atoms with E-state index in [1.165, 1.54) is 12.1 Å². The predicted octanol–water partition coefficient (Wildman–Crippen LogP) is 5.56. The Labute approximate surface area is 127 Å². The topological polar surface area (TPSA) is 25.0 Å². The van der Waals surface area contributed by atoms with Gasteiger partial charge < -0.3 is 9.72 Å². The van der Waals surface area contributed by atoms with Crippen molar-refractivity contribution < 1.29 is 9.13 Å². The van der Waals surface area contributed by atoms with Gasteiger partial charge in [-0.3, -0.25) is 0 Å². The highest BCUT2D eigenvalue weighted by Gasteiger charge is 2.10. The number of aromatic amines is 1. The summed E-state index contributed by atoms with van der Waals surface area (Å²) in [5.74, 6) is 0.891. The van der Waals surface area contributed by atoms with E-state index in [1.807, 2.05) is 55.6 Å². The molecule has 4 aromatic rings. The molecule has 2 nitrogen and oxygen atoms in total. The minimum absolute atomic E-state index is 0.300. The predicted molar refractivity (Wildman–Crippen MR) is 87.0 cm³/mol. The lowest BCUT2D eigenvalue weighted by molar-refractivity contribution is 0.482. The van der Waals surface area contributed by atoms with Crippen molar-refractivity contribution in [2.45, 2.75) is 6.92 Å². The fourth-order valence-electron chi connectivity index (χ4n) is 2.74. The molecule has 0 spiro atoms. The molecule has 0 atom stereocenters. The van der Waals surface area contributed by atoms with Crippen molar-refractivity contribution in [1.29, 1.82) is 0 Å². The van der Waals surface area contributed by atoms with Crippen molar-refractivity contribution in [1.82, 2.24) is 4.98 Å². The number of halogens is 1. The normalized spacial score (nSPS) is 11.2. The molecule has 3 aromatic carbocycles. The molecule has 0 fully saturated rings. The van der Waals surface area contributed by atoms with Crippen LogP contribution in [0.2, 0.25) is 0 Å². The quantitative estimate of drug-likeness (QED) is 0.514. The van der Waals surface area contributed by atoms with Crippen LogP contribution in [0.15, 0.2) is 60.8 Å². The molecule has 3 heteroatoms. The molecule has 0 aliphatic rings. The van der Waals surface area contributed by atoms with E-state index in [0.717, 1.165) is 27.2 Å². The Balaban J connectivity index is 1.81. The molecule has 0 aliphatic carbocycles. The lowest BCUT2D eigenvalue weighted by Gasteiger charge is -2.08. The van der Waals surface area contributed by atoms with Gasteiger partial charge in [-0.1, -0.05) is 30.3 Å². The van der Waals surface area contributed by atoms with Gasteiger partial charge in [-0.05, 0) is 41.5 Å². The number of H-pyrrole nitrogens is 1. The first-order valence-corrected chi connectivity index (χ1v) is 7.14. The monoisotopic (exact) mass is 291 g/mol. The third-order valence-corrected chi connectivity index (χ3v) is 3.87. The molecule has 108 valence electrons. The van der Waals surface area contributed by atoms with E-state index < -0.39 is 0 Å². The van der Waals surface area contributed by atoms with E-state index >= 15 is 0 Å². The van der Waals surface area contributed by atoms with Crippen molar-refractivity contribution in [2.75, 3.05) is 0 Å². The van der Waals surface area contributed by atoms with Crippen molar-refractivity contribution in [3.63, 3.8) is 0 Å². The van der Waals surface area contributed by atoms with Gasteiger partial charge in [-0.15, -0.1) is 0 Å². The van der Waals surface area contributed by atoms with Gasteiger partial charge in [0.05, 0.1) is 5.52 Å². The summed E-state index contributed by atoms with van der Waals surface area (Å²) in [6.07, 6.45) is 1.86. The summed E-state index contributed by atoms with van der Waals surface area (Å²) in [6.45, 7) is 1.94. The summed E-state index contributed by atoms with van der Waals surface area (Å²) in [4.78, 5) is 3.15. The molecule has 0 amide bonds. The molecule has 1 N–H and O–H groups in total. The van der Waals surface area contributed by atoms with Gasteiger partial charge in [-0.25, -0.2) is 4.39 Å². The molecule has 0 bridgehead atoms. The molecular formula is C19H14FNO. The van der Waals surface area contributed by atoms with Crippen molar-refractivity contribution in [3.05, 3.63) is 72.2 Å². The standard InChI is InChI=1S/C19H14FNO/c1-12-11-21-19-17(12)9-15(20)10-18(19)22-16-7-6-13-4-2-3-5-14(13)8-16/h2-11,21H,1H3. The van der Waals surface area contributed by atoms with E-state index in [9.17, 15) is 4.39 Å². The van der Waals surface area contributed by atoms with Gasteiger partial charge in [0.2, 0.25) is 0 Å². The van der Waals surface area contributed by atoms with Gasteiger partial charge in [0.15, 0.2) is 5.75 Å². The second-order valence-corrected chi connectivity index (χ2v) is 5.41. The fraction of sp³-hybridized carbons (Fsp3) is 0.0526. The van der Waals surface area contributed by atoms with Gasteiger partial charge >= 0.3 is 0 Å². The second-order valence-electron chi connectivity index (χ2n) is 5.41. The molecule has 0 radical (unpaired) electrons. The third-order valence-electron chi connectivity index (χ3n) is 3.87. The van der Waals surface area contributed by atoms with Crippen molar-refractivity contribution in [2.24, 2.45) is 0 Å². The summed E-state index contributed by atoms with van der Waals surface area (Å²) < 4.78 is 19.7. The van der Waals surface area contributed by atoms with Gasteiger partial charge in [0, 0.05) is 17.6 Å². The van der Waals surface area contributed by atoms with E-state index in [2.05, 4.69) is 4.98 Å². The lowest BCUT2D eigenvalue weighted by atomic mass is 10.1. The van der Waals surface area contributed by atoms with Crippen LogP contribution in [0.25, 0.3) is 21.7 Å². The summed E-state index contributed by atoms with van der Waals surface area (Å²) in [5, 5.41) is 3.08. The van der Waals surface area contributed by atoms with Crippen molar-refractivity contribution >= 4 is 21.7 Å². The number of rotatable bonds is 2. The highest BCUT2D eigenvalue weighted by atomic mass is 19.1. The second kappa shape index (κ2) is 4.88. The highest BCUT2D eigenvalue weighted by Crippen LogP contribution is 2.33. The minimum Gasteiger partial charge on any atom is -0.455 e. The van der Waals surface area contributed by atoms with Crippen LogP contribution >= 0.6 is 0 Å². The first-order valence-electron chi connectivity index (χ1n) is 7.14. The van der Waals surface area contributed by atoms with E-state index in [4.69, 9.17) is 4.74 Å². The first-order chi connectivity index (χ1) is 10.7. The zero-order chi connectivity index (χ0) is 15.1. The van der Waals surface area contributed by atoms with E-state index in [1.54, 1.807) is 0 Å². The van der Waals surface area contributed by atoms with Gasteiger partial charge in [0.25, 0.3) is 0 Å². The molecule has 4 rings (SSSR count). The number of aromatic nitrogens is 1. The summed E-state index contributed by atoms with van der Waals surface area (Å²) in [7, 11) is 0. The van der Waals surface area contributed by atoms with Crippen LogP contribution < -0.4 is 4.74 Å². The molecule has 0 saturated carbocycles. The zero-order valence-electron chi connectivity index (χ0n) is 12.1. The number of benzene rings is 3. The van der Waals surface area contributed by atoms with Crippen LogP contribution in [-0.2, 0) is 0 Å². The SMILES string of the molecule is Cc1c[nH]c2c(Oc3ccc4ccccc4c3)cc(F)cc12. The molecule has 1 aromatic heterocycles. The van der Waals surface area contributed by atoms with Crippen LogP contribution in [0.3, 0.4) is 0 Å². The van der Waals surface area contributed by atoms with Crippen LogP contribution in [0, 0.1) is 12.7 Å². The number of hydrogen-bond donors (Lipinski definition) is 1. The maximum absolute atomic E-state index is 13.8. The van der Waals surface area contributed by atoms with Crippen LogP contribution in [0.5, 0.6) is 11.5 Å². The minimum atomic E-state index is -0.300. The Morgan fingerprint density at radius 2 is 1.77 bits per heavy atom. The summed E-state index contributed by atoms with van der Waals surface area (Å²) in [6, 6.07) is 16.9. The lowest BCUT2D eigenvalue weighted by Crippen LogP contribution is -1.88. The first kappa shape index (κ1) is 12.9. The Morgan fingerprint density at radius 3 is 2.64 bits per heavy atom. The maximum Gasteiger partial charge on any atom is 0.154 e. The smallest absolute Gasteiger partial charge is 0.154 e. The average Bonchev–Trinajstić information content (AvgIpc) is 2.89. The molecular weight excluding hydrogens is 277 g/mol. The van der Waals surface area contributed by atoms with Gasteiger partial charge in [0.1, 0.15) is 11.6 Å². The maximum atomic E-state index is 13.8. The summed E-state index contributed by atoms with van der Waals surface area (Å²) in [5.41, 5.74) is 1.81. The number of fused-ring (bicyclic) bond motifs is 2. The Morgan fingerprint density at radius 1 is 0.955 bits per heavy atom. The molecule has 0 aliphatic heterocycles. The Kier molecular flexibility index (Phi) is 2.86. The van der Waals surface area contributed by atoms with E-state index in [0.29, 0.717) is 11.5 Å². The Bertz CT molecular complexity index is 987. The summed E-state index contributed by atoms with van der Waals surface area (Å²) >= 11 is 0. The van der Waals surface area contributed by atoms with Crippen LogP contribution in [-0.4, -0.2) is 4.98 Å². The Hall–Kier alpha value is -2.81. The largest absolute Gasteiger partial charge is 0.455 e. The van der Waals surface area contributed by atoms with Crippen molar-refractivity contribution in [3.8, 4) is 11.5 Å². The number of ether oxygens (including phenoxy) is 1. The molecule has 22 heavy (non-hydrogen) atoms. The zero-order valence-corrected chi connectivity index (χ0v) is 12.1. The van der Waals surface area contributed by atoms with Crippen LogP contribution in [0.4, 0.5) is 4.39 Å². The molecule has 1 heterocycles. The number of hydrogen-bond acceptors (Lipinski definition) is 1.